The van der Waals surface area contributed by atoms with Crippen LogP contribution in [0.4, 0.5) is 5.69 Å². The van der Waals surface area contributed by atoms with Gasteiger partial charge in [-0.15, -0.1) is 0 Å². The topological polar surface area (TPSA) is 64.3 Å². The van der Waals surface area contributed by atoms with Crippen LogP contribution in [0.1, 0.15) is 20.3 Å². The number of nitriles is 1. The molecule has 0 radical (unpaired) electrons. The van der Waals surface area contributed by atoms with Gasteiger partial charge in [0.15, 0.2) is 0 Å². The summed E-state index contributed by atoms with van der Waals surface area (Å²) >= 11 is 0. The maximum absolute atomic E-state index is 12.2. The highest BCUT2D eigenvalue weighted by Crippen LogP contribution is 2.26. The predicted molar refractivity (Wildman–Crippen MR) is 65.5 cm³/mol. The summed E-state index contributed by atoms with van der Waals surface area (Å²) < 4.78 is 0. The van der Waals surface area contributed by atoms with E-state index < -0.39 is 5.41 Å². The van der Waals surface area contributed by atoms with Gasteiger partial charge >= 0.3 is 0 Å². The first kappa shape index (κ1) is 13.0. The summed E-state index contributed by atoms with van der Waals surface area (Å²) in [6.07, 6.45) is 0.463. The zero-order valence-electron chi connectivity index (χ0n) is 10.3. The van der Waals surface area contributed by atoms with Crippen molar-refractivity contribution in [3.05, 3.63) is 24.3 Å². The van der Waals surface area contributed by atoms with Crippen LogP contribution in [0.5, 0.6) is 5.75 Å². The molecule has 1 N–H and O–H groups in total. The molecule has 0 aliphatic carbocycles. The number of anilines is 1. The first-order chi connectivity index (χ1) is 7.94. The third-order valence-electron chi connectivity index (χ3n) is 2.97. The molecule has 4 nitrogen and oxygen atoms in total. The van der Waals surface area contributed by atoms with E-state index in [-0.39, 0.29) is 11.7 Å². The fraction of sp³-hybridized carbons (Fsp3) is 0.385. The van der Waals surface area contributed by atoms with Crippen LogP contribution in [0.3, 0.4) is 0 Å². The van der Waals surface area contributed by atoms with Crippen LogP contribution < -0.4 is 4.90 Å². The van der Waals surface area contributed by atoms with Crippen LogP contribution in [0.2, 0.25) is 0 Å². The number of benzene rings is 1. The van der Waals surface area contributed by atoms with E-state index in [2.05, 4.69) is 0 Å². The number of nitrogens with zero attached hydrogens (tertiary/aromatic N) is 2. The van der Waals surface area contributed by atoms with E-state index in [9.17, 15) is 9.90 Å². The number of rotatable bonds is 3. The van der Waals surface area contributed by atoms with Gasteiger partial charge in [0.2, 0.25) is 5.91 Å². The molecule has 0 aromatic heterocycles. The quantitative estimate of drug-likeness (QED) is 0.869. The van der Waals surface area contributed by atoms with Gasteiger partial charge in [-0.1, -0.05) is 6.92 Å². The highest BCUT2D eigenvalue weighted by molar-refractivity contribution is 5.98. The second-order valence-corrected chi connectivity index (χ2v) is 4.18. The molecule has 0 bridgehead atoms. The first-order valence-corrected chi connectivity index (χ1v) is 5.43. The van der Waals surface area contributed by atoms with Gasteiger partial charge in [-0.05, 0) is 37.6 Å². The van der Waals surface area contributed by atoms with Crippen LogP contribution in [0.25, 0.3) is 0 Å². The molecule has 0 fully saturated rings. The Morgan fingerprint density at radius 2 is 2.00 bits per heavy atom. The lowest BCUT2D eigenvalue weighted by atomic mass is 9.88. The molecule has 1 amide bonds. The molecule has 0 aliphatic heterocycles. The molecule has 90 valence electrons. The number of aromatic hydroxyl groups is 1. The molecule has 1 unspecified atom stereocenters. The maximum atomic E-state index is 12.2. The Kier molecular flexibility index (Phi) is 3.74. The number of amides is 1. The largest absolute Gasteiger partial charge is 0.508 e. The zero-order valence-corrected chi connectivity index (χ0v) is 10.3. The van der Waals surface area contributed by atoms with Crippen LogP contribution in [-0.2, 0) is 4.79 Å². The van der Waals surface area contributed by atoms with E-state index in [0.717, 1.165) is 0 Å². The average Bonchev–Trinajstić information content (AvgIpc) is 2.37. The molecular formula is C13H16N2O2. The van der Waals surface area contributed by atoms with Gasteiger partial charge in [-0.2, -0.15) is 5.26 Å². The molecule has 1 aromatic carbocycles. The minimum atomic E-state index is -1.01. The normalized spacial score (nSPS) is 13.5. The standard InChI is InChI=1S/C13H16N2O2/c1-4-13(2,9-14)12(17)15(3)10-5-7-11(16)8-6-10/h5-8,16H,4H2,1-3H3. The van der Waals surface area contributed by atoms with E-state index >= 15 is 0 Å². The third kappa shape index (κ3) is 2.56. The molecule has 4 heteroatoms. The van der Waals surface area contributed by atoms with E-state index in [1.54, 1.807) is 26.1 Å². The number of hydrogen-bond donors (Lipinski definition) is 1. The lowest BCUT2D eigenvalue weighted by Gasteiger charge is -2.26. The molecule has 1 rings (SSSR count). The van der Waals surface area contributed by atoms with E-state index in [1.165, 1.54) is 17.0 Å². The molecular weight excluding hydrogens is 216 g/mol. The van der Waals surface area contributed by atoms with Crippen molar-refractivity contribution in [1.82, 2.24) is 0 Å². The Morgan fingerprint density at radius 1 is 1.47 bits per heavy atom. The van der Waals surface area contributed by atoms with E-state index in [4.69, 9.17) is 5.26 Å². The van der Waals surface area contributed by atoms with Crippen LogP contribution in [-0.4, -0.2) is 18.1 Å². The molecule has 0 spiro atoms. The molecule has 0 saturated heterocycles. The molecule has 1 atom stereocenters. The number of phenols is 1. The van der Waals surface area contributed by atoms with E-state index in [1.807, 2.05) is 13.0 Å². The second-order valence-electron chi connectivity index (χ2n) is 4.18. The highest BCUT2D eigenvalue weighted by Gasteiger charge is 2.34. The second kappa shape index (κ2) is 4.88. The van der Waals surface area contributed by atoms with Gasteiger partial charge in [-0.3, -0.25) is 4.79 Å². The third-order valence-corrected chi connectivity index (χ3v) is 2.97. The number of carbonyl (C=O) groups excluding carboxylic acids is 1. The highest BCUT2D eigenvalue weighted by atomic mass is 16.3. The summed E-state index contributed by atoms with van der Waals surface area (Å²) in [5.41, 5.74) is -0.352. The first-order valence-electron chi connectivity index (χ1n) is 5.43. The molecule has 0 aliphatic rings. The summed E-state index contributed by atoms with van der Waals surface area (Å²) in [7, 11) is 1.62. The summed E-state index contributed by atoms with van der Waals surface area (Å²) in [5.74, 6) is -0.0960. The SMILES string of the molecule is CCC(C)(C#N)C(=O)N(C)c1ccc(O)cc1. The Morgan fingerprint density at radius 3 is 2.41 bits per heavy atom. The Hall–Kier alpha value is -2.02. The molecule has 0 saturated carbocycles. The summed E-state index contributed by atoms with van der Waals surface area (Å²) in [5, 5.41) is 18.2. The van der Waals surface area contributed by atoms with Crippen LogP contribution in [0.15, 0.2) is 24.3 Å². The summed E-state index contributed by atoms with van der Waals surface area (Å²) in [6, 6.07) is 8.35. The Labute approximate surface area is 101 Å². The van der Waals surface area contributed by atoms with Crippen molar-refractivity contribution in [2.75, 3.05) is 11.9 Å². The molecule has 1 aromatic rings. The van der Waals surface area contributed by atoms with Crippen LogP contribution in [0, 0.1) is 16.7 Å². The minimum Gasteiger partial charge on any atom is -0.508 e. The van der Waals surface area contributed by atoms with Crippen molar-refractivity contribution < 1.29 is 9.90 Å². The minimum absolute atomic E-state index is 0.146. The van der Waals surface area contributed by atoms with Crippen molar-refractivity contribution in [2.24, 2.45) is 5.41 Å². The van der Waals surface area contributed by atoms with Crippen molar-refractivity contribution in [3.63, 3.8) is 0 Å². The number of phenolic OH excluding ortho intramolecular Hbond substituents is 1. The zero-order chi connectivity index (χ0) is 13.1. The maximum Gasteiger partial charge on any atom is 0.246 e. The van der Waals surface area contributed by atoms with Crippen molar-refractivity contribution in [1.29, 1.82) is 5.26 Å². The van der Waals surface area contributed by atoms with Gasteiger partial charge in [0.05, 0.1) is 6.07 Å². The summed E-state index contributed by atoms with van der Waals surface area (Å²) in [4.78, 5) is 13.6. The monoisotopic (exact) mass is 232 g/mol. The van der Waals surface area contributed by atoms with Gasteiger partial charge in [0.25, 0.3) is 0 Å². The van der Waals surface area contributed by atoms with E-state index in [0.29, 0.717) is 12.1 Å². The lowest BCUT2D eigenvalue weighted by molar-refractivity contribution is -0.124. The number of hydrogen-bond acceptors (Lipinski definition) is 3. The molecule has 0 heterocycles. The predicted octanol–water partition coefficient (Wildman–Crippen LogP) is 2.29. The van der Waals surface area contributed by atoms with Crippen molar-refractivity contribution >= 4 is 11.6 Å². The van der Waals surface area contributed by atoms with Crippen molar-refractivity contribution in [2.45, 2.75) is 20.3 Å². The lowest BCUT2D eigenvalue weighted by Crippen LogP contribution is -2.39. The average molecular weight is 232 g/mol. The van der Waals surface area contributed by atoms with Gasteiger partial charge in [-0.25, -0.2) is 0 Å². The summed E-state index contributed by atoms with van der Waals surface area (Å²) in [6.45, 7) is 3.44. The Balaban J connectivity index is 2.98. The van der Waals surface area contributed by atoms with Crippen LogP contribution >= 0.6 is 0 Å². The smallest absolute Gasteiger partial charge is 0.246 e. The van der Waals surface area contributed by atoms with Gasteiger partial charge in [0.1, 0.15) is 11.2 Å². The number of carbonyl (C=O) groups is 1. The van der Waals surface area contributed by atoms with Gasteiger partial charge in [0, 0.05) is 12.7 Å². The molecule has 17 heavy (non-hydrogen) atoms. The Bertz CT molecular complexity index is 447. The fourth-order valence-electron chi connectivity index (χ4n) is 1.44. The van der Waals surface area contributed by atoms with Crippen molar-refractivity contribution in [3.8, 4) is 11.8 Å². The fourth-order valence-corrected chi connectivity index (χ4v) is 1.44. The van der Waals surface area contributed by atoms with Gasteiger partial charge < -0.3 is 10.0 Å².